The number of benzene rings is 2. The van der Waals surface area contributed by atoms with Gasteiger partial charge < -0.3 is 4.74 Å². The molecule has 1 saturated heterocycles. The lowest BCUT2D eigenvalue weighted by Gasteiger charge is -2.44. The third kappa shape index (κ3) is 4.51. The molecule has 2 atom stereocenters. The Morgan fingerprint density at radius 1 is 0.923 bits per heavy atom. The van der Waals surface area contributed by atoms with E-state index in [-0.39, 0.29) is 5.97 Å². The zero-order valence-electron chi connectivity index (χ0n) is 15.9. The van der Waals surface area contributed by atoms with Gasteiger partial charge in [0.15, 0.2) is 0 Å². The fourth-order valence-electron chi connectivity index (χ4n) is 3.82. The van der Waals surface area contributed by atoms with Crippen LogP contribution in [0.25, 0.3) is 0 Å². The van der Waals surface area contributed by atoms with Crippen molar-refractivity contribution in [3.63, 3.8) is 0 Å². The van der Waals surface area contributed by atoms with Crippen molar-refractivity contribution in [1.82, 2.24) is 9.80 Å². The van der Waals surface area contributed by atoms with Crippen LogP contribution < -0.4 is 0 Å². The molecule has 0 aromatic heterocycles. The van der Waals surface area contributed by atoms with Gasteiger partial charge in [-0.05, 0) is 37.1 Å². The fraction of sp³-hybridized carbons (Fsp3) is 0.409. The standard InChI is InChI=1S/C22H28N2O2/c1-17-13-23(15-20-9-11-21(12-10-20)22(25)26-3)14-18(2)24(17)16-19-7-5-4-6-8-19/h4-12,17-18H,13-16H2,1-3H3/t17-,18?/m0/s1. The minimum absolute atomic E-state index is 0.284. The average molecular weight is 352 g/mol. The smallest absolute Gasteiger partial charge is 0.337 e. The molecule has 0 amide bonds. The second-order valence-electron chi connectivity index (χ2n) is 7.24. The largest absolute Gasteiger partial charge is 0.465 e. The molecule has 1 heterocycles. The van der Waals surface area contributed by atoms with E-state index >= 15 is 0 Å². The summed E-state index contributed by atoms with van der Waals surface area (Å²) in [6.45, 7) is 8.64. The summed E-state index contributed by atoms with van der Waals surface area (Å²) < 4.78 is 4.76. The molecule has 26 heavy (non-hydrogen) atoms. The molecule has 4 heteroatoms. The minimum Gasteiger partial charge on any atom is -0.465 e. The minimum atomic E-state index is -0.284. The summed E-state index contributed by atoms with van der Waals surface area (Å²) in [5, 5.41) is 0. The van der Waals surface area contributed by atoms with Crippen LogP contribution in [0, 0.1) is 0 Å². The summed E-state index contributed by atoms with van der Waals surface area (Å²) >= 11 is 0. The van der Waals surface area contributed by atoms with Crippen LogP contribution in [0.15, 0.2) is 54.6 Å². The summed E-state index contributed by atoms with van der Waals surface area (Å²) in [4.78, 5) is 16.6. The van der Waals surface area contributed by atoms with E-state index in [1.807, 2.05) is 24.3 Å². The van der Waals surface area contributed by atoms with Gasteiger partial charge in [-0.15, -0.1) is 0 Å². The lowest BCUT2D eigenvalue weighted by molar-refractivity contribution is 0.0290. The third-order valence-corrected chi connectivity index (χ3v) is 5.17. The van der Waals surface area contributed by atoms with Crippen molar-refractivity contribution < 1.29 is 9.53 Å². The molecule has 1 unspecified atom stereocenters. The lowest BCUT2D eigenvalue weighted by atomic mass is 10.0. The Balaban J connectivity index is 1.59. The number of nitrogens with zero attached hydrogens (tertiary/aromatic N) is 2. The number of methoxy groups -OCH3 is 1. The maximum atomic E-state index is 11.5. The molecular formula is C22H28N2O2. The van der Waals surface area contributed by atoms with Gasteiger partial charge in [-0.1, -0.05) is 42.5 Å². The Morgan fingerprint density at radius 2 is 1.50 bits per heavy atom. The number of carbonyl (C=O) groups is 1. The van der Waals surface area contributed by atoms with Crippen LogP contribution in [0.3, 0.4) is 0 Å². The Morgan fingerprint density at radius 3 is 2.08 bits per heavy atom. The number of hydrogen-bond donors (Lipinski definition) is 0. The highest BCUT2D eigenvalue weighted by molar-refractivity contribution is 5.89. The molecule has 138 valence electrons. The second kappa shape index (κ2) is 8.47. The average Bonchev–Trinajstić information content (AvgIpc) is 2.65. The maximum Gasteiger partial charge on any atom is 0.337 e. The predicted molar refractivity (Wildman–Crippen MR) is 104 cm³/mol. The first-order valence-electron chi connectivity index (χ1n) is 9.26. The van der Waals surface area contributed by atoms with E-state index in [4.69, 9.17) is 4.74 Å². The van der Waals surface area contributed by atoms with Crippen molar-refractivity contribution in [2.75, 3.05) is 20.2 Å². The van der Waals surface area contributed by atoms with Crippen LogP contribution in [0.5, 0.6) is 0 Å². The Labute approximate surface area is 156 Å². The number of esters is 1. The van der Waals surface area contributed by atoms with Gasteiger partial charge in [0.1, 0.15) is 0 Å². The molecule has 0 aliphatic carbocycles. The van der Waals surface area contributed by atoms with Crippen molar-refractivity contribution in [1.29, 1.82) is 0 Å². The molecule has 1 fully saturated rings. The van der Waals surface area contributed by atoms with Gasteiger partial charge in [0.05, 0.1) is 12.7 Å². The van der Waals surface area contributed by atoms with E-state index in [0.717, 1.165) is 26.2 Å². The summed E-state index contributed by atoms with van der Waals surface area (Å²) in [6, 6.07) is 19.5. The molecule has 1 aliphatic rings. The van der Waals surface area contributed by atoms with Crippen LogP contribution in [-0.2, 0) is 17.8 Å². The summed E-state index contributed by atoms with van der Waals surface area (Å²) in [6.07, 6.45) is 0. The maximum absolute atomic E-state index is 11.5. The Hall–Kier alpha value is -2.17. The van der Waals surface area contributed by atoms with E-state index in [2.05, 4.69) is 54.0 Å². The van der Waals surface area contributed by atoms with Gasteiger partial charge in [0, 0.05) is 38.3 Å². The number of rotatable bonds is 5. The van der Waals surface area contributed by atoms with E-state index in [0.29, 0.717) is 17.6 Å². The number of hydrogen-bond acceptors (Lipinski definition) is 4. The molecule has 3 rings (SSSR count). The van der Waals surface area contributed by atoms with Crippen molar-refractivity contribution in [3.8, 4) is 0 Å². The van der Waals surface area contributed by atoms with Gasteiger partial charge in [-0.3, -0.25) is 9.80 Å². The Bertz CT molecular complexity index is 703. The lowest BCUT2D eigenvalue weighted by Crippen LogP contribution is -2.55. The summed E-state index contributed by atoms with van der Waals surface area (Å²) in [5.74, 6) is -0.284. The van der Waals surface area contributed by atoms with Crippen LogP contribution in [-0.4, -0.2) is 48.1 Å². The quantitative estimate of drug-likeness (QED) is 0.770. The first-order valence-corrected chi connectivity index (χ1v) is 9.26. The molecular weight excluding hydrogens is 324 g/mol. The van der Waals surface area contributed by atoms with E-state index < -0.39 is 0 Å². The summed E-state index contributed by atoms with van der Waals surface area (Å²) in [7, 11) is 1.41. The van der Waals surface area contributed by atoms with E-state index in [1.165, 1.54) is 18.2 Å². The van der Waals surface area contributed by atoms with Crippen molar-refractivity contribution in [2.24, 2.45) is 0 Å². The van der Waals surface area contributed by atoms with Crippen molar-refractivity contribution >= 4 is 5.97 Å². The molecule has 2 aromatic carbocycles. The molecule has 2 aromatic rings. The number of ether oxygens (including phenoxy) is 1. The van der Waals surface area contributed by atoms with Gasteiger partial charge in [0.2, 0.25) is 0 Å². The van der Waals surface area contributed by atoms with Crippen LogP contribution >= 0.6 is 0 Å². The molecule has 0 spiro atoms. The molecule has 0 radical (unpaired) electrons. The van der Waals surface area contributed by atoms with Crippen LogP contribution in [0.1, 0.15) is 35.3 Å². The Kier molecular flexibility index (Phi) is 6.07. The molecule has 0 N–H and O–H groups in total. The van der Waals surface area contributed by atoms with Gasteiger partial charge in [0.25, 0.3) is 0 Å². The first-order chi connectivity index (χ1) is 12.6. The zero-order chi connectivity index (χ0) is 18.5. The number of piperazine rings is 1. The normalized spacial score (nSPS) is 21.5. The molecule has 4 nitrogen and oxygen atoms in total. The van der Waals surface area contributed by atoms with Crippen molar-refractivity contribution in [3.05, 3.63) is 71.3 Å². The van der Waals surface area contributed by atoms with E-state index in [9.17, 15) is 4.79 Å². The SMILES string of the molecule is COC(=O)c1ccc(CN2CC(C)N(Cc3ccccc3)[C@@H](C)C2)cc1. The van der Waals surface area contributed by atoms with Gasteiger partial charge in [-0.2, -0.15) is 0 Å². The zero-order valence-corrected chi connectivity index (χ0v) is 15.9. The van der Waals surface area contributed by atoms with Gasteiger partial charge >= 0.3 is 5.97 Å². The predicted octanol–water partition coefficient (Wildman–Crippen LogP) is 3.57. The highest BCUT2D eigenvalue weighted by Crippen LogP contribution is 2.20. The monoisotopic (exact) mass is 352 g/mol. The van der Waals surface area contributed by atoms with E-state index in [1.54, 1.807) is 0 Å². The summed E-state index contributed by atoms with van der Waals surface area (Å²) in [5.41, 5.74) is 3.21. The topological polar surface area (TPSA) is 32.8 Å². The molecule has 0 saturated carbocycles. The highest BCUT2D eigenvalue weighted by Gasteiger charge is 2.29. The fourth-order valence-corrected chi connectivity index (χ4v) is 3.82. The van der Waals surface area contributed by atoms with Crippen LogP contribution in [0.4, 0.5) is 0 Å². The first kappa shape index (κ1) is 18.6. The molecule has 0 bridgehead atoms. The van der Waals surface area contributed by atoms with Crippen molar-refractivity contribution in [2.45, 2.75) is 39.0 Å². The van der Waals surface area contributed by atoms with Gasteiger partial charge in [-0.25, -0.2) is 4.79 Å². The highest BCUT2D eigenvalue weighted by atomic mass is 16.5. The number of carbonyl (C=O) groups excluding carboxylic acids is 1. The van der Waals surface area contributed by atoms with Crippen LogP contribution in [0.2, 0.25) is 0 Å². The molecule has 1 aliphatic heterocycles. The second-order valence-corrected chi connectivity index (χ2v) is 7.24. The third-order valence-electron chi connectivity index (χ3n) is 5.17.